The maximum absolute atomic E-state index is 9.55. The van der Waals surface area contributed by atoms with Crippen molar-refractivity contribution in [3.8, 4) is 0 Å². The summed E-state index contributed by atoms with van der Waals surface area (Å²) in [6, 6.07) is 0. The Hall–Kier alpha value is -2.15. The summed E-state index contributed by atoms with van der Waals surface area (Å²) in [5.74, 6) is -3.50. The summed E-state index contributed by atoms with van der Waals surface area (Å²) < 4.78 is 0. The van der Waals surface area contributed by atoms with Crippen molar-refractivity contribution in [3.05, 3.63) is 24.8 Å². The number of aliphatic carboxylic acids is 3. The topological polar surface area (TPSA) is 147 Å². The van der Waals surface area contributed by atoms with Crippen LogP contribution in [-0.4, -0.2) is 33.2 Å². The maximum atomic E-state index is 9.55. The van der Waals surface area contributed by atoms with Crippen molar-refractivity contribution >= 4 is 17.9 Å². The summed E-state index contributed by atoms with van der Waals surface area (Å²) >= 11 is 0. The zero-order chi connectivity index (χ0) is 10.9. The number of carboxylic acid groups (broad SMARTS) is 3. The third kappa shape index (κ3) is 32.8. The van der Waals surface area contributed by atoms with Gasteiger partial charge in [-0.25, -0.2) is 14.4 Å². The highest BCUT2D eigenvalue weighted by Crippen LogP contribution is 1.70. The summed E-state index contributed by atoms with van der Waals surface area (Å²) in [6.45, 7) is 2.96. The van der Waals surface area contributed by atoms with Gasteiger partial charge in [0.1, 0.15) is 0 Å². The molecule has 0 aliphatic rings. The minimum absolute atomic E-state index is 0. The summed E-state index contributed by atoms with van der Waals surface area (Å²) in [4.78, 5) is 28.4. The highest BCUT2D eigenvalue weighted by molar-refractivity contribution is 5.89. The van der Waals surface area contributed by atoms with Crippen LogP contribution in [0.15, 0.2) is 24.8 Å². The van der Waals surface area contributed by atoms with E-state index in [0.29, 0.717) is 12.2 Å². The van der Waals surface area contributed by atoms with Gasteiger partial charge in [0.2, 0.25) is 0 Å². The highest BCUT2D eigenvalue weighted by Gasteiger charge is 1.88. The molecule has 0 rings (SSSR count). The first-order valence-electron chi connectivity index (χ1n) is 2.89. The lowest BCUT2D eigenvalue weighted by molar-refractivity contribution is -0.134. The van der Waals surface area contributed by atoms with E-state index in [1.54, 1.807) is 0 Å². The van der Waals surface area contributed by atoms with E-state index in [9.17, 15) is 14.4 Å². The van der Waals surface area contributed by atoms with Crippen molar-refractivity contribution in [2.24, 2.45) is 0 Å². The van der Waals surface area contributed by atoms with E-state index in [1.807, 2.05) is 0 Å². The van der Waals surface area contributed by atoms with Gasteiger partial charge >= 0.3 is 17.9 Å². The Bertz CT molecular complexity index is 229. The van der Waals surface area contributed by atoms with E-state index in [4.69, 9.17) is 15.3 Å². The van der Waals surface area contributed by atoms with Crippen molar-refractivity contribution in [3.63, 3.8) is 0 Å². The van der Waals surface area contributed by atoms with Gasteiger partial charge in [0.05, 0.1) is 0 Å². The SMILES string of the molecule is C=CC(=O)O.N.O=C(O)/C=C\C(=O)O. The molecule has 6 N–H and O–H groups in total. The highest BCUT2D eigenvalue weighted by atomic mass is 16.4. The standard InChI is InChI=1S/C4H4O4.C3H4O2.H3N/c5-3(6)1-2-4(7)8;1-2-3(4)5;/h1-2H,(H,5,6)(H,7,8);2H,1H2,(H,4,5);1H3/b2-1-;;. The molecule has 0 saturated carbocycles. The third-order valence-electron chi connectivity index (χ3n) is 0.543. The van der Waals surface area contributed by atoms with Crippen molar-refractivity contribution in [1.29, 1.82) is 0 Å². The quantitative estimate of drug-likeness (QED) is 0.478. The zero-order valence-electron chi connectivity index (χ0n) is 7.21. The third-order valence-corrected chi connectivity index (χ3v) is 0.543. The van der Waals surface area contributed by atoms with Gasteiger partial charge in [-0.3, -0.25) is 0 Å². The number of carbonyl (C=O) groups is 3. The smallest absolute Gasteiger partial charge is 0.328 e. The van der Waals surface area contributed by atoms with Crippen LogP contribution >= 0.6 is 0 Å². The second kappa shape index (κ2) is 10.8. The first-order valence-corrected chi connectivity index (χ1v) is 2.89. The van der Waals surface area contributed by atoms with Gasteiger partial charge in [-0.15, -0.1) is 0 Å². The van der Waals surface area contributed by atoms with Gasteiger partial charge in [0, 0.05) is 18.2 Å². The predicted octanol–water partition coefficient (Wildman–Crippen LogP) is 0.131. The van der Waals surface area contributed by atoms with E-state index in [0.717, 1.165) is 6.08 Å². The molecule has 14 heavy (non-hydrogen) atoms. The second-order valence-corrected chi connectivity index (χ2v) is 1.55. The number of hydrogen-bond acceptors (Lipinski definition) is 4. The van der Waals surface area contributed by atoms with E-state index >= 15 is 0 Å². The van der Waals surface area contributed by atoms with Crippen LogP contribution in [0.1, 0.15) is 0 Å². The second-order valence-electron chi connectivity index (χ2n) is 1.55. The van der Waals surface area contributed by atoms with Gasteiger partial charge in [0.15, 0.2) is 0 Å². The molecule has 0 saturated heterocycles. The lowest BCUT2D eigenvalue weighted by Crippen LogP contribution is -1.91. The van der Waals surface area contributed by atoms with Crippen LogP contribution in [0.25, 0.3) is 0 Å². The summed E-state index contributed by atoms with van der Waals surface area (Å²) in [7, 11) is 0. The average molecular weight is 205 g/mol. The summed E-state index contributed by atoms with van der Waals surface area (Å²) in [5, 5.41) is 23.2. The fourth-order valence-corrected chi connectivity index (χ4v) is 0.143. The molecule has 80 valence electrons. The Morgan fingerprint density at radius 3 is 1.14 bits per heavy atom. The summed E-state index contributed by atoms with van der Waals surface area (Å²) in [5.41, 5.74) is 0. The van der Waals surface area contributed by atoms with Gasteiger partial charge in [0.25, 0.3) is 0 Å². The Morgan fingerprint density at radius 1 is 0.857 bits per heavy atom. The van der Waals surface area contributed by atoms with E-state index in [1.165, 1.54) is 0 Å². The van der Waals surface area contributed by atoms with Crippen molar-refractivity contribution in [2.45, 2.75) is 0 Å². The van der Waals surface area contributed by atoms with Crippen LogP contribution in [0, 0.1) is 0 Å². The molecule has 0 fully saturated rings. The average Bonchev–Trinajstić information content (AvgIpc) is 2.02. The first kappa shape index (κ1) is 17.8. The molecule has 0 radical (unpaired) electrons. The minimum atomic E-state index is -1.26. The Morgan fingerprint density at radius 2 is 1.07 bits per heavy atom. The normalized spacial score (nSPS) is 7.71. The lowest BCUT2D eigenvalue weighted by Gasteiger charge is -1.74. The summed E-state index contributed by atoms with van der Waals surface area (Å²) in [6.07, 6.45) is 1.95. The molecule has 7 nitrogen and oxygen atoms in total. The molecule has 0 atom stereocenters. The molecule has 0 heterocycles. The van der Waals surface area contributed by atoms with Crippen molar-refractivity contribution in [2.75, 3.05) is 0 Å². The molecule has 7 heteroatoms. The predicted molar refractivity (Wildman–Crippen MR) is 47.3 cm³/mol. The Balaban J connectivity index is -0.000000177. The fourth-order valence-electron chi connectivity index (χ4n) is 0.143. The maximum Gasteiger partial charge on any atom is 0.328 e. The van der Waals surface area contributed by atoms with E-state index < -0.39 is 17.9 Å². The van der Waals surface area contributed by atoms with Crippen LogP contribution < -0.4 is 6.15 Å². The van der Waals surface area contributed by atoms with Crippen LogP contribution in [0.4, 0.5) is 0 Å². The number of rotatable bonds is 3. The fraction of sp³-hybridized carbons (Fsp3) is 0. The van der Waals surface area contributed by atoms with Crippen molar-refractivity contribution in [1.82, 2.24) is 6.15 Å². The van der Waals surface area contributed by atoms with Crippen LogP contribution in [0.3, 0.4) is 0 Å². The Kier molecular flexibility index (Phi) is 13.8. The van der Waals surface area contributed by atoms with Crippen LogP contribution in [0.2, 0.25) is 0 Å². The molecule has 0 bridgehead atoms. The Labute approximate surface area is 79.6 Å². The van der Waals surface area contributed by atoms with Gasteiger partial charge < -0.3 is 21.5 Å². The molecule has 0 aliphatic heterocycles. The van der Waals surface area contributed by atoms with E-state index in [-0.39, 0.29) is 6.15 Å². The number of carboxylic acids is 3. The van der Waals surface area contributed by atoms with Gasteiger partial charge in [-0.05, 0) is 0 Å². The van der Waals surface area contributed by atoms with Crippen LogP contribution in [0.5, 0.6) is 0 Å². The van der Waals surface area contributed by atoms with Crippen LogP contribution in [-0.2, 0) is 14.4 Å². The van der Waals surface area contributed by atoms with Gasteiger partial charge in [-0.2, -0.15) is 0 Å². The monoisotopic (exact) mass is 205 g/mol. The molecule has 0 aromatic rings. The molecule has 0 aliphatic carbocycles. The number of hydrogen-bond donors (Lipinski definition) is 4. The molecule has 0 amide bonds. The molecular formula is C7H11NO6. The molecule has 0 aromatic carbocycles. The van der Waals surface area contributed by atoms with Crippen molar-refractivity contribution < 1.29 is 29.7 Å². The van der Waals surface area contributed by atoms with E-state index in [2.05, 4.69) is 6.58 Å². The first-order chi connectivity index (χ1) is 5.90. The zero-order valence-corrected chi connectivity index (χ0v) is 7.21. The van der Waals surface area contributed by atoms with Gasteiger partial charge in [-0.1, -0.05) is 6.58 Å². The molecule has 0 aromatic heterocycles. The molecular weight excluding hydrogens is 194 g/mol. The minimum Gasteiger partial charge on any atom is -0.478 e. The molecule has 0 unspecified atom stereocenters. The molecule has 0 spiro atoms. The lowest BCUT2D eigenvalue weighted by atomic mass is 10.5. The largest absolute Gasteiger partial charge is 0.478 e.